The van der Waals surface area contributed by atoms with E-state index < -0.39 is 0 Å². The van der Waals surface area contributed by atoms with Crippen LogP contribution in [0.25, 0.3) is 0 Å². The zero-order valence-electron chi connectivity index (χ0n) is 20.8. The summed E-state index contributed by atoms with van der Waals surface area (Å²) in [6.45, 7) is 12.1. The van der Waals surface area contributed by atoms with Gasteiger partial charge in [-0.15, -0.1) is 10.2 Å². The number of rotatable bonds is 7. The molecule has 2 heterocycles. The normalized spacial score (nSPS) is 15.0. The second kappa shape index (κ2) is 10.4. The van der Waals surface area contributed by atoms with E-state index in [2.05, 4.69) is 70.9 Å². The van der Waals surface area contributed by atoms with Crippen molar-refractivity contribution in [2.45, 2.75) is 53.2 Å². The molecule has 1 atom stereocenters. The molecule has 0 spiro atoms. The van der Waals surface area contributed by atoms with E-state index in [1.165, 1.54) is 16.7 Å². The number of ether oxygens (including phenoxy) is 1. The van der Waals surface area contributed by atoms with Gasteiger partial charge in [-0.1, -0.05) is 32.0 Å². The summed E-state index contributed by atoms with van der Waals surface area (Å²) in [5.41, 5.74) is 4.60. The van der Waals surface area contributed by atoms with Gasteiger partial charge >= 0.3 is 0 Å². The van der Waals surface area contributed by atoms with Crippen LogP contribution in [0.1, 0.15) is 58.6 Å². The van der Waals surface area contributed by atoms with Crippen molar-refractivity contribution in [3.8, 4) is 5.75 Å². The van der Waals surface area contributed by atoms with Crippen molar-refractivity contribution in [2.24, 2.45) is 5.92 Å². The molecule has 0 saturated carbocycles. The Morgan fingerprint density at radius 1 is 1.03 bits per heavy atom. The first-order valence-electron chi connectivity index (χ1n) is 12.0. The molecule has 7 heteroatoms. The van der Waals surface area contributed by atoms with Gasteiger partial charge in [-0.05, 0) is 60.7 Å². The molecule has 7 nitrogen and oxygen atoms in total. The van der Waals surface area contributed by atoms with E-state index in [1.807, 2.05) is 0 Å². The monoisotopic (exact) mass is 461 g/mol. The van der Waals surface area contributed by atoms with Gasteiger partial charge in [-0.2, -0.15) is 0 Å². The Hall–Kier alpha value is -3.19. The third-order valence-electron chi connectivity index (χ3n) is 6.71. The number of methoxy groups -OCH3 is 1. The van der Waals surface area contributed by atoms with Crippen molar-refractivity contribution in [2.75, 3.05) is 20.2 Å². The quantitative estimate of drug-likeness (QED) is 0.574. The molecule has 2 aromatic carbocycles. The Balaban J connectivity index is 1.47. The summed E-state index contributed by atoms with van der Waals surface area (Å²) >= 11 is 0. The fourth-order valence-corrected chi connectivity index (χ4v) is 4.43. The van der Waals surface area contributed by atoms with Crippen LogP contribution in [0.15, 0.2) is 42.5 Å². The lowest BCUT2D eigenvalue weighted by atomic mass is 10.0. The second-order valence-electron chi connectivity index (χ2n) is 9.49. The van der Waals surface area contributed by atoms with Gasteiger partial charge in [0.05, 0.1) is 13.2 Å². The minimum Gasteiger partial charge on any atom is -0.497 e. The number of aromatic nitrogens is 3. The van der Waals surface area contributed by atoms with E-state index in [0.29, 0.717) is 5.56 Å². The maximum Gasteiger partial charge on any atom is 0.251 e. The second-order valence-corrected chi connectivity index (χ2v) is 9.49. The number of fused-ring (bicyclic) bond motifs is 1. The van der Waals surface area contributed by atoms with Crippen LogP contribution in [0.5, 0.6) is 5.75 Å². The highest BCUT2D eigenvalue weighted by Crippen LogP contribution is 2.24. The van der Waals surface area contributed by atoms with E-state index in [1.54, 1.807) is 31.4 Å². The maximum atomic E-state index is 13.0. The number of hydrogen-bond acceptors (Lipinski definition) is 5. The van der Waals surface area contributed by atoms with Crippen LogP contribution in [-0.4, -0.2) is 45.8 Å². The summed E-state index contributed by atoms with van der Waals surface area (Å²) in [4.78, 5) is 15.5. The Morgan fingerprint density at radius 3 is 2.47 bits per heavy atom. The molecule has 0 saturated heterocycles. The fraction of sp³-hybridized carbons (Fsp3) is 0.444. The number of aryl methyl sites for hydroxylation is 2. The summed E-state index contributed by atoms with van der Waals surface area (Å²) < 4.78 is 7.41. The Kier molecular flexibility index (Phi) is 7.32. The van der Waals surface area contributed by atoms with Crippen LogP contribution in [0.3, 0.4) is 0 Å². The first-order chi connectivity index (χ1) is 16.4. The van der Waals surface area contributed by atoms with Crippen molar-refractivity contribution in [3.05, 3.63) is 76.4 Å². The third kappa shape index (κ3) is 5.30. The molecule has 0 radical (unpaired) electrons. The standard InChI is InChI=1S/C27H35N5O2/c1-18(2)25(28-27(33)22-8-10-23(34-5)11-9-22)26-30-29-24-12-13-31(14-15-32(24)26)17-21-7-6-19(3)20(4)16-21/h6-11,16,18,25H,12-15,17H2,1-5H3,(H,28,33)/t25-/m0/s1. The molecule has 1 N–H and O–H groups in total. The minimum atomic E-state index is -0.220. The van der Waals surface area contributed by atoms with E-state index in [9.17, 15) is 4.79 Å². The fourth-order valence-electron chi connectivity index (χ4n) is 4.43. The van der Waals surface area contributed by atoms with Crippen molar-refractivity contribution in [1.29, 1.82) is 0 Å². The first-order valence-corrected chi connectivity index (χ1v) is 12.0. The third-order valence-corrected chi connectivity index (χ3v) is 6.71. The molecule has 0 bridgehead atoms. The molecule has 0 aliphatic carbocycles. The number of nitrogens with zero attached hydrogens (tertiary/aromatic N) is 4. The molecule has 1 aromatic heterocycles. The average Bonchev–Trinajstić information content (AvgIpc) is 3.12. The topological polar surface area (TPSA) is 72.3 Å². The van der Waals surface area contributed by atoms with Crippen molar-refractivity contribution in [3.63, 3.8) is 0 Å². The predicted octanol–water partition coefficient (Wildman–Crippen LogP) is 4.09. The van der Waals surface area contributed by atoms with Gasteiger partial charge in [-0.25, -0.2) is 0 Å². The lowest BCUT2D eigenvalue weighted by Gasteiger charge is -2.23. The summed E-state index contributed by atoms with van der Waals surface area (Å²) in [7, 11) is 1.61. The van der Waals surface area contributed by atoms with Crippen LogP contribution in [0.2, 0.25) is 0 Å². The SMILES string of the molecule is COc1ccc(C(=O)N[C@H](c2nnc3n2CCN(Cc2ccc(C)c(C)c2)CC3)C(C)C)cc1. The minimum absolute atomic E-state index is 0.122. The smallest absolute Gasteiger partial charge is 0.251 e. The van der Waals surface area contributed by atoms with E-state index in [4.69, 9.17) is 4.74 Å². The van der Waals surface area contributed by atoms with Crippen LogP contribution in [0, 0.1) is 19.8 Å². The molecule has 1 amide bonds. The molecule has 0 unspecified atom stereocenters. The highest BCUT2D eigenvalue weighted by atomic mass is 16.5. The van der Waals surface area contributed by atoms with Crippen LogP contribution >= 0.6 is 0 Å². The highest BCUT2D eigenvalue weighted by Gasteiger charge is 2.28. The molecule has 3 aromatic rings. The average molecular weight is 462 g/mol. The Bertz CT molecular complexity index is 1140. The number of hydrogen-bond donors (Lipinski definition) is 1. The summed E-state index contributed by atoms with van der Waals surface area (Å²) in [6, 6.07) is 13.6. The molecular formula is C27H35N5O2. The molecule has 180 valence electrons. The summed E-state index contributed by atoms with van der Waals surface area (Å²) in [5, 5.41) is 12.2. The first kappa shape index (κ1) is 24.0. The lowest BCUT2D eigenvalue weighted by Crippen LogP contribution is -2.34. The van der Waals surface area contributed by atoms with Gasteiger partial charge < -0.3 is 14.6 Å². The maximum absolute atomic E-state index is 13.0. The Labute approximate surface area is 202 Å². The number of benzene rings is 2. The number of nitrogens with one attached hydrogen (secondary N) is 1. The number of carbonyl (C=O) groups excluding carboxylic acids is 1. The van der Waals surface area contributed by atoms with Gasteiger partial charge in [-0.3, -0.25) is 9.69 Å². The molecule has 4 rings (SSSR count). The lowest BCUT2D eigenvalue weighted by molar-refractivity contribution is 0.0921. The highest BCUT2D eigenvalue weighted by molar-refractivity contribution is 5.94. The van der Waals surface area contributed by atoms with Crippen molar-refractivity contribution >= 4 is 5.91 Å². The molecule has 1 aliphatic rings. The van der Waals surface area contributed by atoms with Gasteiger partial charge in [0.2, 0.25) is 0 Å². The van der Waals surface area contributed by atoms with Crippen LogP contribution < -0.4 is 10.1 Å². The molecule has 34 heavy (non-hydrogen) atoms. The van der Waals surface area contributed by atoms with Gasteiger partial charge in [0.25, 0.3) is 5.91 Å². The molecule has 1 aliphatic heterocycles. The van der Waals surface area contributed by atoms with Gasteiger partial charge in [0, 0.05) is 38.2 Å². The van der Waals surface area contributed by atoms with E-state index in [0.717, 1.165) is 50.0 Å². The molecular weight excluding hydrogens is 426 g/mol. The van der Waals surface area contributed by atoms with Crippen molar-refractivity contribution < 1.29 is 9.53 Å². The van der Waals surface area contributed by atoms with E-state index in [-0.39, 0.29) is 17.9 Å². The van der Waals surface area contributed by atoms with Gasteiger partial charge in [0.1, 0.15) is 11.6 Å². The largest absolute Gasteiger partial charge is 0.497 e. The van der Waals surface area contributed by atoms with E-state index >= 15 is 0 Å². The van der Waals surface area contributed by atoms with Crippen LogP contribution in [0.4, 0.5) is 0 Å². The Morgan fingerprint density at radius 2 is 1.79 bits per heavy atom. The zero-order valence-corrected chi connectivity index (χ0v) is 20.8. The number of carbonyl (C=O) groups is 1. The van der Waals surface area contributed by atoms with Crippen molar-refractivity contribution in [1.82, 2.24) is 25.0 Å². The summed E-state index contributed by atoms with van der Waals surface area (Å²) in [6.07, 6.45) is 0.842. The predicted molar refractivity (Wildman–Crippen MR) is 133 cm³/mol. The zero-order chi connectivity index (χ0) is 24.2. The number of amides is 1. The molecule has 0 fully saturated rings. The summed E-state index contributed by atoms with van der Waals surface area (Å²) in [5.74, 6) is 2.60. The van der Waals surface area contributed by atoms with Crippen LogP contribution in [-0.2, 0) is 19.5 Å². The van der Waals surface area contributed by atoms with Gasteiger partial charge in [0.15, 0.2) is 5.82 Å².